The average molecular weight is 273 g/mol. The molecule has 1 heterocycles. The van der Waals surface area contributed by atoms with E-state index in [2.05, 4.69) is 5.16 Å². The Labute approximate surface area is 116 Å². The lowest BCUT2D eigenvalue weighted by Crippen LogP contribution is -1.87. The number of aromatic nitrogens is 1. The van der Waals surface area contributed by atoms with Gasteiger partial charge in [0.25, 0.3) is 0 Å². The molecule has 0 aliphatic rings. The van der Waals surface area contributed by atoms with Crippen LogP contribution in [0.25, 0.3) is 22.2 Å². The third-order valence-electron chi connectivity index (χ3n) is 3.28. The van der Waals surface area contributed by atoms with Gasteiger partial charge in [-0.3, -0.25) is 0 Å². The van der Waals surface area contributed by atoms with E-state index in [1.165, 1.54) is 0 Å². The van der Waals surface area contributed by atoms with Crippen LogP contribution in [0.5, 0.6) is 0 Å². The maximum Gasteiger partial charge on any atom is 0.168 e. The minimum absolute atomic E-state index is 0.699. The van der Waals surface area contributed by atoms with E-state index in [0.717, 1.165) is 38.4 Å². The molecule has 0 aliphatic carbocycles. The molecule has 3 aromatic rings. The van der Waals surface area contributed by atoms with Crippen LogP contribution in [0.1, 0.15) is 11.1 Å². The number of anilines is 1. The number of nitrogen functional groups attached to an aromatic ring is 1. The number of nitrogens with two attached hydrogens (primary N) is 1. The van der Waals surface area contributed by atoms with E-state index >= 15 is 0 Å². The number of hydrogen-bond acceptors (Lipinski definition) is 3. The normalized spacial score (nSPS) is 11.1. The largest absolute Gasteiger partial charge is 0.399 e. The summed E-state index contributed by atoms with van der Waals surface area (Å²) in [4.78, 5) is 0. The summed E-state index contributed by atoms with van der Waals surface area (Å²) in [5, 5.41) is 5.86. The number of hydrogen-bond donors (Lipinski definition) is 1. The highest BCUT2D eigenvalue weighted by Crippen LogP contribution is 2.35. The molecule has 0 spiro atoms. The molecule has 96 valence electrons. The highest BCUT2D eigenvalue weighted by atomic mass is 35.5. The van der Waals surface area contributed by atoms with Gasteiger partial charge in [0, 0.05) is 16.3 Å². The average Bonchev–Trinajstić information content (AvgIpc) is 2.80. The van der Waals surface area contributed by atoms with Gasteiger partial charge in [0.15, 0.2) is 5.58 Å². The first kappa shape index (κ1) is 12.1. The molecule has 0 amide bonds. The molecule has 0 unspecified atom stereocenters. The van der Waals surface area contributed by atoms with Gasteiger partial charge in [0.05, 0.1) is 5.39 Å². The van der Waals surface area contributed by atoms with Gasteiger partial charge in [-0.05, 0) is 43.2 Å². The summed E-state index contributed by atoms with van der Waals surface area (Å²) in [6.07, 6.45) is 0. The fourth-order valence-corrected chi connectivity index (χ4v) is 2.46. The van der Waals surface area contributed by atoms with E-state index in [9.17, 15) is 0 Å². The van der Waals surface area contributed by atoms with Gasteiger partial charge in [0.1, 0.15) is 5.69 Å². The van der Waals surface area contributed by atoms with Crippen LogP contribution in [-0.4, -0.2) is 5.16 Å². The lowest BCUT2D eigenvalue weighted by atomic mass is 10.0. The summed E-state index contributed by atoms with van der Waals surface area (Å²) in [7, 11) is 0. The van der Waals surface area contributed by atoms with Crippen molar-refractivity contribution in [3.63, 3.8) is 0 Å². The SMILES string of the molecule is Cc1cc2onc(-c3cccc(N)c3)c2c(C)c1Cl. The molecule has 0 aliphatic heterocycles. The fraction of sp³-hybridized carbons (Fsp3) is 0.133. The summed E-state index contributed by atoms with van der Waals surface area (Å²) in [5.41, 5.74) is 10.9. The second kappa shape index (κ2) is 4.28. The van der Waals surface area contributed by atoms with Crippen molar-refractivity contribution in [3.05, 3.63) is 46.5 Å². The van der Waals surface area contributed by atoms with Crippen molar-refractivity contribution < 1.29 is 4.52 Å². The van der Waals surface area contributed by atoms with Crippen molar-refractivity contribution in [1.29, 1.82) is 0 Å². The van der Waals surface area contributed by atoms with Crippen LogP contribution in [-0.2, 0) is 0 Å². The predicted octanol–water partition coefficient (Wildman–Crippen LogP) is 4.35. The monoisotopic (exact) mass is 272 g/mol. The summed E-state index contributed by atoms with van der Waals surface area (Å²) < 4.78 is 5.41. The first-order chi connectivity index (χ1) is 9.08. The molecular weight excluding hydrogens is 260 g/mol. The van der Waals surface area contributed by atoms with E-state index in [1.54, 1.807) is 0 Å². The second-order valence-electron chi connectivity index (χ2n) is 4.66. The van der Waals surface area contributed by atoms with Gasteiger partial charge >= 0.3 is 0 Å². The Morgan fingerprint density at radius 2 is 2.00 bits per heavy atom. The van der Waals surface area contributed by atoms with Crippen molar-refractivity contribution in [1.82, 2.24) is 5.16 Å². The van der Waals surface area contributed by atoms with E-state index in [-0.39, 0.29) is 0 Å². The molecule has 3 rings (SSSR count). The van der Waals surface area contributed by atoms with E-state index in [0.29, 0.717) is 5.69 Å². The third kappa shape index (κ3) is 1.87. The molecule has 19 heavy (non-hydrogen) atoms. The summed E-state index contributed by atoms with van der Waals surface area (Å²) >= 11 is 6.31. The summed E-state index contributed by atoms with van der Waals surface area (Å²) in [5.74, 6) is 0. The Morgan fingerprint density at radius 3 is 2.74 bits per heavy atom. The summed E-state index contributed by atoms with van der Waals surface area (Å²) in [6.45, 7) is 3.93. The number of rotatable bonds is 1. The molecule has 0 fully saturated rings. The van der Waals surface area contributed by atoms with Crippen LogP contribution < -0.4 is 5.73 Å². The standard InChI is InChI=1S/C15H13ClN2O/c1-8-6-12-13(9(2)14(8)16)15(18-19-12)10-4-3-5-11(17)7-10/h3-7H,17H2,1-2H3. The van der Waals surface area contributed by atoms with Crippen LogP contribution in [0.15, 0.2) is 34.9 Å². The Balaban J connectivity index is 2.34. The van der Waals surface area contributed by atoms with Gasteiger partial charge in [-0.15, -0.1) is 0 Å². The molecule has 0 bridgehead atoms. The van der Waals surface area contributed by atoms with E-state index in [4.69, 9.17) is 21.9 Å². The Bertz CT molecular complexity index is 777. The molecule has 0 saturated heterocycles. The van der Waals surface area contributed by atoms with Crippen LogP contribution in [0.4, 0.5) is 5.69 Å². The zero-order chi connectivity index (χ0) is 13.6. The van der Waals surface area contributed by atoms with Gasteiger partial charge in [0.2, 0.25) is 0 Å². The van der Waals surface area contributed by atoms with E-state index < -0.39 is 0 Å². The highest BCUT2D eigenvalue weighted by Gasteiger charge is 2.16. The van der Waals surface area contributed by atoms with Gasteiger partial charge in [-0.2, -0.15) is 0 Å². The lowest BCUT2D eigenvalue weighted by molar-refractivity contribution is 0.459. The Kier molecular flexibility index (Phi) is 2.72. The van der Waals surface area contributed by atoms with Crippen LogP contribution in [0.3, 0.4) is 0 Å². The van der Waals surface area contributed by atoms with Crippen molar-refractivity contribution in [3.8, 4) is 11.3 Å². The van der Waals surface area contributed by atoms with Crippen molar-refractivity contribution in [2.45, 2.75) is 13.8 Å². The molecular formula is C15H13ClN2O. The van der Waals surface area contributed by atoms with Crippen LogP contribution in [0.2, 0.25) is 5.02 Å². The molecule has 4 heteroatoms. The zero-order valence-corrected chi connectivity index (χ0v) is 11.5. The Hall–Kier alpha value is -2.00. The smallest absolute Gasteiger partial charge is 0.168 e. The first-order valence-electron chi connectivity index (χ1n) is 5.99. The number of nitrogens with zero attached hydrogens (tertiary/aromatic N) is 1. The first-order valence-corrected chi connectivity index (χ1v) is 6.36. The van der Waals surface area contributed by atoms with Crippen LogP contribution in [0, 0.1) is 13.8 Å². The van der Waals surface area contributed by atoms with Gasteiger partial charge in [-0.1, -0.05) is 28.9 Å². The lowest BCUT2D eigenvalue weighted by Gasteiger charge is -2.04. The third-order valence-corrected chi connectivity index (χ3v) is 3.86. The van der Waals surface area contributed by atoms with Crippen molar-refractivity contribution in [2.75, 3.05) is 5.73 Å². The number of halogens is 1. The minimum Gasteiger partial charge on any atom is -0.399 e. The fourth-order valence-electron chi connectivity index (χ4n) is 2.31. The predicted molar refractivity (Wildman–Crippen MR) is 78.3 cm³/mol. The molecule has 0 atom stereocenters. The maximum atomic E-state index is 6.31. The maximum absolute atomic E-state index is 6.31. The molecule has 0 saturated carbocycles. The molecule has 2 N–H and O–H groups in total. The molecule has 1 aromatic heterocycles. The number of benzene rings is 2. The molecule has 2 aromatic carbocycles. The second-order valence-corrected chi connectivity index (χ2v) is 5.04. The number of fused-ring (bicyclic) bond motifs is 1. The minimum atomic E-state index is 0.699. The van der Waals surface area contributed by atoms with Gasteiger partial charge < -0.3 is 10.3 Å². The number of aryl methyl sites for hydroxylation is 2. The Morgan fingerprint density at radius 1 is 1.21 bits per heavy atom. The van der Waals surface area contributed by atoms with Crippen molar-refractivity contribution >= 4 is 28.3 Å². The molecule has 0 radical (unpaired) electrons. The highest BCUT2D eigenvalue weighted by molar-refractivity contribution is 6.33. The topological polar surface area (TPSA) is 52.0 Å². The summed E-state index contributed by atoms with van der Waals surface area (Å²) in [6, 6.07) is 9.49. The molecule has 3 nitrogen and oxygen atoms in total. The van der Waals surface area contributed by atoms with Crippen LogP contribution >= 0.6 is 11.6 Å². The quantitative estimate of drug-likeness (QED) is 0.670. The van der Waals surface area contributed by atoms with Crippen molar-refractivity contribution in [2.24, 2.45) is 0 Å². The zero-order valence-electron chi connectivity index (χ0n) is 10.7. The van der Waals surface area contributed by atoms with Gasteiger partial charge in [-0.25, -0.2) is 0 Å². The van der Waals surface area contributed by atoms with E-state index in [1.807, 2.05) is 44.2 Å².